The second kappa shape index (κ2) is 9.55. The molecule has 0 spiro atoms. The summed E-state index contributed by atoms with van der Waals surface area (Å²) in [4.78, 5) is 31.5. The van der Waals surface area contributed by atoms with Gasteiger partial charge in [-0.2, -0.15) is 5.26 Å². The van der Waals surface area contributed by atoms with Crippen LogP contribution in [0.1, 0.15) is 65.7 Å². The molecule has 0 amide bonds. The third kappa shape index (κ3) is 4.67. The molecular weight excluding hydrogens is 416 g/mol. The van der Waals surface area contributed by atoms with Crippen LogP contribution in [0.15, 0.2) is 36.5 Å². The van der Waals surface area contributed by atoms with Crippen LogP contribution in [0.4, 0.5) is 0 Å². The van der Waals surface area contributed by atoms with Gasteiger partial charge < -0.3 is 9.67 Å². The van der Waals surface area contributed by atoms with E-state index in [0.717, 1.165) is 48.4 Å². The number of hydrogen-bond donors (Lipinski definition) is 1. The first-order chi connectivity index (χ1) is 15.9. The standard InChI is InChI=1S/C26H28N4O3/c1-17(12-24(32)33)20-13-22-26(28-15-20)25(23(31)16-29-10-4-3-5-11-29)18(2)30(22)21-8-6-19(14-27)7-9-21/h6-9,13,15,17H,3-5,10-12,16H2,1-2H3,(H,32,33). The van der Waals surface area contributed by atoms with Gasteiger partial charge in [0.1, 0.15) is 0 Å². The van der Waals surface area contributed by atoms with E-state index in [1.807, 2.05) is 36.6 Å². The third-order valence-corrected chi connectivity index (χ3v) is 6.46. The monoisotopic (exact) mass is 444 g/mol. The Hall–Kier alpha value is -3.50. The number of nitriles is 1. The first kappa shape index (κ1) is 22.7. The number of hydrogen-bond acceptors (Lipinski definition) is 5. The fourth-order valence-corrected chi connectivity index (χ4v) is 4.70. The molecule has 170 valence electrons. The molecule has 1 fully saturated rings. The molecule has 1 unspecified atom stereocenters. The van der Waals surface area contributed by atoms with E-state index in [9.17, 15) is 14.7 Å². The second-order valence-electron chi connectivity index (χ2n) is 8.85. The predicted octanol–water partition coefficient (Wildman–Crippen LogP) is 4.45. The number of aliphatic carboxylic acids is 1. The molecule has 1 atom stereocenters. The van der Waals surface area contributed by atoms with Crippen molar-refractivity contribution in [2.45, 2.75) is 45.4 Å². The van der Waals surface area contributed by atoms with Gasteiger partial charge in [-0.15, -0.1) is 0 Å². The van der Waals surface area contributed by atoms with Crippen molar-refractivity contribution in [3.05, 3.63) is 58.9 Å². The minimum Gasteiger partial charge on any atom is -0.481 e. The molecule has 0 aliphatic carbocycles. The summed E-state index contributed by atoms with van der Waals surface area (Å²) in [6, 6.07) is 11.3. The molecule has 0 radical (unpaired) electrons. The van der Waals surface area contributed by atoms with Gasteiger partial charge in [0.2, 0.25) is 0 Å². The number of carboxylic acids is 1. The van der Waals surface area contributed by atoms with Crippen LogP contribution in [-0.2, 0) is 4.79 Å². The maximum atomic E-state index is 13.4. The van der Waals surface area contributed by atoms with Gasteiger partial charge in [0.05, 0.1) is 41.2 Å². The molecule has 1 aliphatic heterocycles. The number of piperidine rings is 1. The number of fused-ring (bicyclic) bond motifs is 1. The Morgan fingerprint density at radius 3 is 2.52 bits per heavy atom. The highest BCUT2D eigenvalue weighted by atomic mass is 16.4. The van der Waals surface area contributed by atoms with Gasteiger partial charge in [-0.25, -0.2) is 0 Å². The molecule has 7 heteroatoms. The zero-order chi connectivity index (χ0) is 23.5. The normalized spacial score (nSPS) is 15.3. The first-order valence-corrected chi connectivity index (χ1v) is 11.4. The molecule has 0 bridgehead atoms. The lowest BCUT2D eigenvalue weighted by atomic mass is 9.99. The molecule has 3 aromatic rings. The van der Waals surface area contributed by atoms with Crippen LogP contribution in [0.5, 0.6) is 0 Å². The molecule has 4 rings (SSSR count). The zero-order valence-electron chi connectivity index (χ0n) is 19.0. The molecule has 7 nitrogen and oxygen atoms in total. The Morgan fingerprint density at radius 1 is 1.18 bits per heavy atom. The number of carbonyl (C=O) groups is 2. The Labute approximate surface area is 193 Å². The largest absolute Gasteiger partial charge is 0.481 e. The highest BCUT2D eigenvalue weighted by Gasteiger charge is 2.25. The topological polar surface area (TPSA) is 99.2 Å². The van der Waals surface area contributed by atoms with Gasteiger partial charge in [0.25, 0.3) is 0 Å². The number of aromatic nitrogens is 2. The van der Waals surface area contributed by atoms with E-state index in [-0.39, 0.29) is 18.1 Å². The van der Waals surface area contributed by atoms with Crippen molar-refractivity contribution in [3.8, 4) is 11.8 Å². The Morgan fingerprint density at radius 2 is 1.88 bits per heavy atom. The van der Waals surface area contributed by atoms with Gasteiger partial charge in [-0.05, 0) is 74.7 Å². The molecule has 33 heavy (non-hydrogen) atoms. The molecule has 1 N–H and O–H groups in total. The third-order valence-electron chi connectivity index (χ3n) is 6.46. The molecule has 1 aromatic carbocycles. The van der Waals surface area contributed by atoms with Crippen molar-refractivity contribution in [1.82, 2.24) is 14.5 Å². The van der Waals surface area contributed by atoms with Crippen LogP contribution >= 0.6 is 0 Å². The fourth-order valence-electron chi connectivity index (χ4n) is 4.70. The Balaban J connectivity index is 1.83. The van der Waals surface area contributed by atoms with Crippen LogP contribution in [0, 0.1) is 18.3 Å². The SMILES string of the molecule is Cc1c(C(=O)CN2CCCCC2)c2ncc(C(C)CC(=O)O)cc2n1-c1ccc(C#N)cc1. The Kier molecular flexibility index (Phi) is 6.57. The van der Waals surface area contributed by atoms with E-state index >= 15 is 0 Å². The maximum Gasteiger partial charge on any atom is 0.303 e. The van der Waals surface area contributed by atoms with E-state index in [1.54, 1.807) is 18.3 Å². The molecule has 1 saturated heterocycles. The lowest BCUT2D eigenvalue weighted by Gasteiger charge is -2.25. The van der Waals surface area contributed by atoms with Gasteiger partial charge in [0, 0.05) is 17.6 Å². The number of nitrogens with zero attached hydrogens (tertiary/aromatic N) is 4. The summed E-state index contributed by atoms with van der Waals surface area (Å²) in [5.74, 6) is -1.03. The summed E-state index contributed by atoms with van der Waals surface area (Å²) >= 11 is 0. The van der Waals surface area contributed by atoms with Crippen molar-refractivity contribution < 1.29 is 14.7 Å². The van der Waals surface area contributed by atoms with Crippen molar-refractivity contribution in [3.63, 3.8) is 0 Å². The highest BCUT2D eigenvalue weighted by molar-refractivity contribution is 6.09. The second-order valence-corrected chi connectivity index (χ2v) is 8.85. The minimum atomic E-state index is -0.862. The summed E-state index contributed by atoms with van der Waals surface area (Å²) in [6.45, 7) is 6.02. The number of ketones is 1. The van der Waals surface area contributed by atoms with Crippen LogP contribution in [0.3, 0.4) is 0 Å². The van der Waals surface area contributed by atoms with E-state index in [4.69, 9.17) is 5.26 Å². The average molecular weight is 445 g/mol. The molecule has 3 heterocycles. The Bertz CT molecular complexity index is 1230. The van der Waals surface area contributed by atoms with Crippen LogP contribution < -0.4 is 0 Å². The van der Waals surface area contributed by atoms with Crippen molar-refractivity contribution >= 4 is 22.8 Å². The first-order valence-electron chi connectivity index (χ1n) is 11.4. The lowest BCUT2D eigenvalue weighted by Crippen LogP contribution is -2.34. The van der Waals surface area contributed by atoms with Gasteiger partial charge in [-0.3, -0.25) is 19.5 Å². The van der Waals surface area contributed by atoms with Crippen molar-refractivity contribution in [2.24, 2.45) is 0 Å². The number of pyridine rings is 1. The van der Waals surface area contributed by atoms with Gasteiger partial charge >= 0.3 is 5.97 Å². The maximum absolute atomic E-state index is 13.4. The van der Waals surface area contributed by atoms with E-state index in [1.165, 1.54) is 6.42 Å². The molecule has 2 aromatic heterocycles. The van der Waals surface area contributed by atoms with E-state index < -0.39 is 5.97 Å². The summed E-state index contributed by atoms with van der Waals surface area (Å²) in [5, 5.41) is 18.4. The van der Waals surface area contributed by atoms with Crippen molar-refractivity contribution in [1.29, 1.82) is 5.26 Å². The minimum absolute atomic E-state index is 0.00446. The fraction of sp³-hybridized carbons (Fsp3) is 0.385. The lowest BCUT2D eigenvalue weighted by molar-refractivity contribution is -0.137. The quantitative estimate of drug-likeness (QED) is 0.541. The summed E-state index contributed by atoms with van der Waals surface area (Å²) in [6.07, 6.45) is 5.13. The van der Waals surface area contributed by atoms with E-state index in [2.05, 4.69) is 16.0 Å². The molecular formula is C26H28N4O3. The number of carbonyl (C=O) groups excluding carboxylic acids is 1. The summed E-state index contributed by atoms with van der Waals surface area (Å²) in [5.41, 5.74) is 5.01. The predicted molar refractivity (Wildman–Crippen MR) is 126 cm³/mol. The van der Waals surface area contributed by atoms with E-state index in [0.29, 0.717) is 23.2 Å². The zero-order valence-corrected chi connectivity index (χ0v) is 19.0. The number of Topliss-reactive ketones (excluding diaryl/α,β-unsaturated/α-hetero) is 1. The van der Waals surface area contributed by atoms with Crippen molar-refractivity contribution in [2.75, 3.05) is 19.6 Å². The van der Waals surface area contributed by atoms with Crippen LogP contribution in [0.25, 0.3) is 16.7 Å². The highest BCUT2D eigenvalue weighted by Crippen LogP contribution is 2.31. The van der Waals surface area contributed by atoms with Gasteiger partial charge in [-0.1, -0.05) is 13.3 Å². The summed E-state index contributed by atoms with van der Waals surface area (Å²) in [7, 11) is 0. The number of carboxylic acid groups (broad SMARTS) is 1. The number of benzene rings is 1. The average Bonchev–Trinajstić information content (AvgIpc) is 3.10. The smallest absolute Gasteiger partial charge is 0.303 e. The van der Waals surface area contributed by atoms with Crippen LogP contribution in [0.2, 0.25) is 0 Å². The van der Waals surface area contributed by atoms with Crippen LogP contribution in [-0.4, -0.2) is 50.9 Å². The number of rotatable bonds is 7. The number of likely N-dealkylation sites (tertiary alicyclic amines) is 1. The van der Waals surface area contributed by atoms with Gasteiger partial charge in [0.15, 0.2) is 5.78 Å². The molecule has 1 aliphatic rings. The molecule has 0 saturated carbocycles. The summed E-state index contributed by atoms with van der Waals surface area (Å²) < 4.78 is 1.99.